The van der Waals surface area contributed by atoms with Crippen molar-refractivity contribution in [1.82, 2.24) is 9.55 Å². The van der Waals surface area contributed by atoms with E-state index in [4.69, 9.17) is 0 Å². The average Bonchev–Trinajstić information content (AvgIpc) is 2.89. The van der Waals surface area contributed by atoms with Gasteiger partial charge in [-0.15, -0.1) is 13.2 Å². The normalized spacial score (nSPS) is 12.2. The molecule has 0 bridgehead atoms. The highest BCUT2D eigenvalue weighted by molar-refractivity contribution is 5.93. The third-order valence-electron chi connectivity index (χ3n) is 3.98. The van der Waals surface area contributed by atoms with Crippen molar-refractivity contribution in [3.05, 3.63) is 48.0 Å². The van der Waals surface area contributed by atoms with Gasteiger partial charge in [0.05, 0.1) is 23.1 Å². The number of aromatic nitrogens is 2. The van der Waals surface area contributed by atoms with E-state index in [9.17, 15) is 23.1 Å². The fourth-order valence-corrected chi connectivity index (χ4v) is 2.89. The Morgan fingerprint density at radius 2 is 1.83 bits per heavy atom. The van der Waals surface area contributed by atoms with Gasteiger partial charge in [-0.3, -0.25) is 14.7 Å². The fourth-order valence-electron chi connectivity index (χ4n) is 2.89. The second kappa shape index (κ2) is 7.40. The molecule has 0 aliphatic carbocycles. The van der Waals surface area contributed by atoms with Gasteiger partial charge in [0.2, 0.25) is 11.9 Å². The van der Waals surface area contributed by atoms with Gasteiger partial charge in [0.1, 0.15) is 5.75 Å². The third-order valence-corrected chi connectivity index (χ3v) is 3.98. The molecule has 0 saturated heterocycles. The van der Waals surface area contributed by atoms with Crippen LogP contribution in [0.25, 0.3) is 16.7 Å². The van der Waals surface area contributed by atoms with E-state index in [0.29, 0.717) is 16.7 Å². The van der Waals surface area contributed by atoms with Crippen LogP contribution in [0, 0.1) is 6.92 Å². The van der Waals surface area contributed by atoms with Gasteiger partial charge < -0.3 is 9.84 Å². The SMILES string of the molecule is Cc1ccc2nc(NC(=O)CC(C)(C)O)n(-c3ccc(OC(F)(F)F)cc3)c2c1. The molecule has 0 radical (unpaired) electrons. The van der Waals surface area contributed by atoms with E-state index in [1.165, 1.54) is 38.1 Å². The number of rotatable bonds is 5. The molecule has 0 spiro atoms. The van der Waals surface area contributed by atoms with Crippen LogP contribution in [0.4, 0.5) is 19.1 Å². The van der Waals surface area contributed by atoms with Gasteiger partial charge in [-0.1, -0.05) is 6.07 Å². The molecule has 0 fully saturated rings. The number of hydrogen-bond donors (Lipinski definition) is 2. The Kier molecular flexibility index (Phi) is 5.27. The lowest BCUT2D eigenvalue weighted by atomic mass is 10.1. The van der Waals surface area contributed by atoms with Crippen molar-refractivity contribution in [2.75, 3.05) is 5.32 Å². The zero-order valence-corrected chi connectivity index (χ0v) is 16.0. The first-order valence-electron chi connectivity index (χ1n) is 8.79. The molecule has 2 aromatic carbocycles. The van der Waals surface area contributed by atoms with Crippen molar-refractivity contribution < 1.29 is 27.8 Å². The van der Waals surface area contributed by atoms with Crippen LogP contribution < -0.4 is 10.1 Å². The highest BCUT2D eigenvalue weighted by atomic mass is 19.4. The van der Waals surface area contributed by atoms with Crippen molar-refractivity contribution in [2.24, 2.45) is 0 Å². The molecule has 1 amide bonds. The number of aliphatic hydroxyl groups is 1. The number of imidazole rings is 1. The maximum Gasteiger partial charge on any atom is 0.573 e. The molecule has 0 unspecified atom stereocenters. The van der Waals surface area contributed by atoms with Crippen molar-refractivity contribution >= 4 is 22.9 Å². The number of amides is 1. The largest absolute Gasteiger partial charge is 0.573 e. The third kappa shape index (κ3) is 5.26. The summed E-state index contributed by atoms with van der Waals surface area (Å²) in [6.07, 6.45) is -4.93. The average molecular weight is 407 g/mol. The molecule has 3 aromatic rings. The number of nitrogens with zero attached hydrogens (tertiary/aromatic N) is 2. The highest BCUT2D eigenvalue weighted by Crippen LogP contribution is 2.29. The summed E-state index contributed by atoms with van der Waals surface area (Å²) in [5, 5.41) is 12.5. The number of fused-ring (bicyclic) bond motifs is 1. The number of carbonyl (C=O) groups excluding carboxylic acids is 1. The van der Waals surface area contributed by atoms with Gasteiger partial charge >= 0.3 is 6.36 Å². The summed E-state index contributed by atoms with van der Waals surface area (Å²) in [6, 6.07) is 10.8. The minimum absolute atomic E-state index is 0.145. The number of ether oxygens (including phenoxy) is 1. The predicted octanol–water partition coefficient (Wildman–Crippen LogP) is 4.33. The smallest absolute Gasteiger partial charge is 0.406 e. The number of alkyl halides is 3. The van der Waals surface area contributed by atoms with Crippen LogP contribution in [0.3, 0.4) is 0 Å². The Morgan fingerprint density at radius 1 is 1.17 bits per heavy atom. The number of anilines is 1. The summed E-state index contributed by atoms with van der Waals surface area (Å²) < 4.78 is 42.8. The monoisotopic (exact) mass is 407 g/mol. The van der Waals surface area contributed by atoms with E-state index < -0.39 is 17.9 Å². The molecule has 0 saturated carbocycles. The summed E-state index contributed by atoms with van der Waals surface area (Å²) >= 11 is 0. The second-order valence-electron chi connectivity index (χ2n) is 7.34. The topological polar surface area (TPSA) is 76.4 Å². The fraction of sp³-hybridized carbons (Fsp3) is 0.300. The molecular formula is C20H20F3N3O3. The lowest BCUT2D eigenvalue weighted by molar-refractivity contribution is -0.274. The van der Waals surface area contributed by atoms with E-state index >= 15 is 0 Å². The van der Waals surface area contributed by atoms with Crippen LogP contribution in [0.5, 0.6) is 5.75 Å². The summed E-state index contributed by atoms with van der Waals surface area (Å²) in [5.74, 6) is -0.596. The summed E-state index contributed by atoms with van der Waals surface area (Å²) in [7, 11) is 0. The molecule has 3 rings (SSSR count). The van der Waals surface area contributed by atoms with E-state index in [-0.39, 0.29) is 18.1 Å². The Bertz CT molecular complexity index is 1040. The summed E-state index contributed by atoms with van der Waals surface area (Å²) in [6.45, 7) is 4.92. The zero-order chi connectivity index (χ0) is 21.4. The number of carbonyl (C=O) groups is 1. The number of aryl methyl sites for hydroxylation is 1. The molecule has 0 atom stereocenters. The minimum Gasteiger partial charge on any atom is -0.406 e. The van der Waals surface area contributed by atoms with E-state index in [0.717, 1.165) is 5.56 Å². The van der Waals surface area contributed by atoms with Crippen LogP contribution in [0.2, 0.25) is 0 Å². The standard InChI is InChI=1S/C20H20F3N3O3/c1-12-4-9-15-16(10-12)26(18(24-15)25-17(27)11-19(2,3)28)13-5-7-14(8-6-13)29-20(21,22)23/h4-10,28H,11H2,1-3H3,(H,24,25,27). The number of halogens is 3. The molecule has 0 aliphatic heterocycles. The van der Waals surface area contributed by atoms with E-state index in [1.54, 1.807) is 10.6 Å². The van der Waals surface area contributed by atoms with Crippen molar-refractivity contribution in [1.29, 1.82) is 0 Å². The molecule has 154 valence electrons. The van der Waals surface area contributed by atoms with Gasteiger partial charge in [0.15, 0.2) is 0 Å². The van der Waals surface area contributed by atoms with Crippen LogP contribution in [0.1, 0.15) is 25.8 Å². The Balaban J connectivity index is 2.03. The summed E-state index contributed by atoms with van der Waals surface area (Å²) in [4.78, 5) is 16.7. The molecule has 0 aliphatic rings. The Hall–Kier alpha value is -3.07. The Labute approximate surface area is 164 Å². The first-order chi connectivity index (χ1) is 13.4. The predicted molar refractivity (Wildman–Crippen MR) is 102 cm³/mol. The quantitative estimate of drug-likeness (QED) is 0.660. The molecular weight excluding hydrogens is 387 g/mol. The maximum absolute atomic E-state index is 12.4. The second-order valence-corrected chi connectivity index (χ2v) is 7.34. The van der Waals surface area contributed by atoms with Gasteiger partial charge in [-0.05, 0) is 62.7 Å². The van der Waals surface area contributed by atoms with Crippen LogP contribution in [-0.4, -0.2) is 32.5 Å². The number of nitrogens with one attached hydrogen (secondary N) is 1. The van der Waals surface area contributed by atoms with Gasteiger partial charge in [0.25, 0.3) is 0 Å². The van der Waals surface area contributed by atoms with Crippen LogP contribution in [-0.2, 0) is 4.79 Å². The van der Waals surface area contributed by atoms with Crippen molar-refractivity contribution in [3.8, 4) is 11.4 Å². The van der Waals surface area contributed by atoms with E-state index in [2.05, 4.69) is 15.0 Å². The molecule has 6 nitrogen and oxygen atoms in total. The highest BCUT2D eigenvalue weighted by Gasteiger charge is 2.31. The number of benzene rings is 2. The minimum atomic E-state index is -4.78. The molecule has 9 heteroatoms. The van der Waals surface area contributed by atoms with Gasteiger partial charge in [0, 0.05) is 5.69 Å². The van der Waals surface area contributed by atoms with Gasteiger partial charge in [-0.2, -0.15) is 0 Å². The van der Waals surface area contributed by atoms with E-state index in [1.807, 2.05) is 19.1 Å². The Morgan fingerprint density at radius 3 is 2.41 bits per heavy atom. The summed E-state index contributed by atoms with van der Waals surface area (Å²) in [5.41, 5.74) is 1.52. The first kappa shape index (κ1) is 20.7. The van der Waals surface area contributed by atoms with Crippen LogP contribution >= 0.6 is 0 Å². The van der Waals surface area contributed by atoms with Crippen molar-refractivity contribution in [2.45, 2.75) is 39.2 Å². The molecule has 29 heavy (non-hydrogen) atoms. The zero-order valence-electron chi connectivity index (χ0n) is 16.0. The maximum atomic E-state index is 12.4. The first-order valence-corrected chi connectivity index (χ1v) is 8.79. The van der Waals surface area contributed by atoms with Gasteiger partial charge in [-0.25, -0.2) is 4.98 Å². The molecule has 2 N–H and O–H groups in total. The van der Waals surface area contributed by atoms with Crippen molar-refractivity contribution in [3.63, 3.8) is 0 Å². The lowest BCUT2D eigenvalue weighted by Crippen LogP contribution is -2.28. The molecule has 1 aromatic heterocycles. The lowest BCUT2D eigenvalue weighted by Gasteiger charge is -2.17. The number of hydrogen-bond acceptors (Lipinski definition) is 4. The van der Waals surface area contributed by atoms with Crippen LogP contribution in [0.15, 0.2) is 42.5 Å². The molecule has 1 heterocycles.